The van der Waals surface area contributed by atoms with Crippen molar-refractivity contribution in [3.05, 3.63) is 35.2 Å². The molecule has 31 heavy (non-hydrogen) atoms. The Kier molecular flexibility index (Phi) is 11.0. The fraction of sp³-hybridized carbons (Fsp3) is 0.571. The van der Waals surface area contributed by atoms with Gasteiger partial charge in [-0.05, 0) is 38.8 Å². The number of ether oxygens (including phenoxy) is 1. The summed E-state index contributed by atoms with van der Waals surface area (Å²) >= 11 is 6.03. The number of nitrogens with one attached hydrogen (secondary N) is 2. The van der Waals surface area contributed by atoms with E-state index in [-0.39, 0.29) is 24.0 Å². The topological polar surface area (TPSA) is 87.8 Å². The fourth-order valence-electron chi connectivity index (χ4n) is 3.34. The molecule has 1 aliphatic rings. The number of halogens is 2. The van der Waals surface area contributed by atoms with Gasteiger partial charge in [-0.2, -0.15) is 4.98 Å². The third-order valence-electron chi connectivity index (χ3n) is 4.97. The van der Waals surface area contributed by atoms with E-state index in [9.17, 15) is 0 Å². The van der Waals surface area contributed by atoms with Gasteiger partial charge in [0, 0.05) is 43.3 Å². The summed E-state index contributed by atoms with van der Waals surface area (Å²) in [6.45, 7) is 8.44. The maximum Gasteiger partial charge on any atom is 0.246 e. The third-order valence-corrected chi connectivity index (χ3v) is 5.20. The van der Waals surface area contributed by atoms with Crippen LogP contribution in [-0.4, -0.2) is 66.4 Å². The van der Waals surface area contributed by atoms with Crippen molar-refractivity contribution in [1.82, 2.24) is 25.7 Å². The molecule has 1 saturated heterocycles. The van der Waals surface area contributed by atoms with Crippen molar-refractivity contribution in [2.45, 2.75) is 45.4 Å². The number of guanidine groups is 1. The minimum absolute atomic E-state index is 0. The van der Waals surface area contributed by atoms with Crippen LogP contribution >= 0.6 is 35.6 Å². The molecule has 10 heteroatoms. The first-order chi connectivity index (χ1) is 14.5. The van der Waals surface area contributed by atoms with Crippen LogP contribution in [-0.2, 0) is 11.3 Å². The van der Waals surface area contributed by atoms with Gasteiger partial charge in [0.05, 0.1) is 19.3 Å². The monoisotopic (exact) mass is 562 g/mol. The van der Waals surface area contributed by atoms with Crippen molar-refractivity contribution in [2.75, 3.05) is 33.3 Å². The van der Waals surface area contributed by atoms with Gasteiger partial charge < -0.3 is 24.8 Å². The number of aliphatic imine (C=N–C) groups is 1. The number of hydrogen-bond acceptors (Lipinski definition) is 6. The summed E-state index contributed by atoms with van der Waals surface area (Å²) in [6, 6.07) is 7.78. The molecular formula is C21H32ClIN6O2. The van der Waals surface area contributed by atoms with Crippen molar-refractivity contribution in [3.8, 4) is 11.4 Å². The van der Waals surface area contributed by atoms with Gasteiger partial charge in [0.15, 0.2) is 5.96 Å². The maximum absolute atomic E-state index is 6.03. The first-order valence-corrected chi connectivity index (χ1v) is 10.8. The minimum atomic E-state index is 0. The van der Waals surface area contributed by atoms with Crippen LogP contribution in [0.5, 0.6) is 0 Å². The smallest absolute Gasteiger partial charge is 0.246 e. The predicted molar refractivity (Wildman–Crippen MR) is 134 cm³/mol. The van der Waals surface area contributed by atoms with Crippen LogP contribution in [0.2, 0.25) is 5.02 Å². The molecule has 8 nitrogen and oxygen atoms in total. The number of rotatable bonds is 8. The summed E-state index contributed by atoms with van der Waals surface area (Å²) in [7, 11) is 1.76. The zero-order chi connectivity index (χ0) is 21.3. The van der Waals surface area contributed by atoms with Crippen LogP contribution in [0.15, 0.2) is 33.8 Å². The molecule has 0 amide bonds. The first-order valence-electron chi connectivity index (χ1n) is 10.4. The number of hydrogen-bond donors (Lipinski definition) is 2. The molecule has 0 atom stereocenters. The summed E-state index contributed by atoms with van der Waals surface area (Å²) in [6.07, 6.45) is 2.43. The van der Waals surface area contributed by atoms with Crippen molar-refractivity contribution >= 4 is 41.5 Å². The summed E-state index contributed by atoms with van der Waals surface area (Å²) in [5.74, 6) is 1.75. The van der Waals surface area contributed by atoms with E-state index in [2.05, 4.69) is 44.5 Å². The number of benzene rings is 1. The lowest BCUT2D eigenvalue weighted by Gasteiger charge is -2.33. The Hall–Kier alpha value is -1.43. The average molecular weight is 563 g/mol. The summed E-state index contributed by atoms with van der Waals surface area (Å²) in [5, 5.41) is 11.4. The molecule has 0 unspecified atom stereocenters. The predicted octanol–water partition coefficient (Wildman–Crippen LogP) is 3.56. The van der Waals surface area contributed by atoms with Crippen LogP contribution in [0.25, 0.3) is 11.4 Å². The summed E-state index contributed by atoms with van der Waals surface area (Å²) in [4.78, 5) is 11.2. The first kappa shape index (κ1) is 25.8. The molecule has 3 rings (SSSR count). The standard InChI is InChI=1S/C21H31ClN6O2.HI/c1-15(2)29-12-11-28-9-7-18(8-10-28)25-21(23-3)24-14-19-26-20(27-30-19)16-5-4-6-17(22)13-16;/h4-6,13,15,18H,7-12,14H2,1-3H3,(H2,23,24,25);1H. The van der Waals surface area contributed by atoms with Gasteiger partial charge >= 0.3 is 0 Å². The molecule has 2 N–H and O–H groups in total. The Labute approximate surface area is 206 Å². The minimum Gasteiger partial charge on any atom is -0.377 e. The molecule has 172 valence electrons. The molecule has 2 heterocycles. The Balaban J connectivity index is 0.00000341. The van der Waals surface area contributed by atoms with Crippen molar-refractivity contribution < 1.29 is 9.26 Å². The molecule has 0 saturated carbocycles. The molecule has 0 radical (unpaired) electrons. The number of likely N-dealkylation sites (tertiary alicyclic amines) is 1. The van der Waals surface area contributed by atoms with E-state index in [0.29, 0.717) is 35.4 Å². The van der Waals surface area contributed by atoms with Crippen LogP contribution in [0.1, 0.15) is 32.6 Å². The van der Waals surface area contributed by atoms with E-state index in [1.807, 2.05) is 24.3 Å². The van der Waals surface area contributed by atoms with Crippen LogP contribution in [0.3, 0.4) is 0 Å². The van der Waals surface area contributed by atoms with E-state index in [4.69, 9.17) is 20.9 Å². The van der Waals surface area contributed by atoms with Gasteiger partial charge in [-0.15, -0.1) is 24.0 Å². The second-order valence-electron chi connectivity index (χ2n) is 7.63. The maximum atomic E-state index is 6.03. The van der Waals surface area contributed by atoms with E-state index < -0.39 is 0 Å². The van der Waals surface area contributed by atoms with Gasteiger partial charge in [-0.1, -0.05) is 28.9 Å². The van der Waals surface area contributed by atoms with Crippen LogP contribution in [0, 0.1) is 0 Å². The van der Waals surface area contributed by atoms with Crippen molar-refractivity contribution in [1.29, 1.82) is 0 Å². The van der Waals surface area contributed by atoms with E-state index in [0.717, 1.165) is 50.6 Å². The highest BCUT2D eigenvalue weighted by atomic mass is 127. The Morgan fingerprint density at radius 2 is 2.13 bits per heavy atom. The highest BCUT2D eigenvalue weighted by Crippen LogP contribution is 2.19. The Morgan fingerprint density at radius 1 is 1.35 bits per heavy atom. The molecule has 0 bridgehead atoms. The molecule has 0 spiro atoms. The van der Waals surface area contributed by atoms with Gasteiger partial charge in [0.2, 0.25) is 11.7 Å². The van der Waals surface area contributed by atoms with Crippen molar-refractivity contribution in [2.24, 2.45) is 4.99 Å². The normalized spacial score (nSPS) is 15.7. The molecular weight excluding hydrogens is 531 g/mol. The van der Waals surface area contributed by atoms with E-state index in [1.165, 1.54) is 0 Å². The number of piperidine rings is 1. The SMILES string of the molecule is CN=C(NCc1nc(-c2cccc(Cl)c2)no1)NC1CCN(CCOC(C)C)CC1.I. The highest BCUT2D eigenvalue weighted by molar-refractivity contribution is 14.0. The summed E-state index contributed by atoms with van der Waals surface area (Å²) < 4.78 is 11.0. The molecule has 2 aromatic rings. The zero-order valence-corrected chi connectivity index (χ0v) is 21.4. The third kappa shape index (κ3) is 8.55. The molecule has 1 aromatic heterocycles. The van der Waals surface area contributed by atoms with E-state index in [1.54, 1.807) is 7.05 Å². The van der Waals surface area contributed by atoms with Gasteiger partial charge in [-0.25, -0.2) is 0 Å². The molecule has 1 aromatic carbocycles. The molecule has 1 fully saturated rings. The second kappa shape index (κ2) is 13.2. The van der Waals surface area contributed by atoms with Crippen LogP contribution < -0.4 is 10.6 Å². The second-order valence-corrected chi connectivity index (χ2v) is 8.06. The van der Waals surface area contributed by atoms with Crippen LogP contribution in [0.4, 0.5) is 0 Å². The Morgan fingerprint density at radius 3 is 2.81 bits per heavy atom. The lowest BCUT2D eigenvalue weighted by molar-refractivity contribution is 0.0532. The summed E-state index contributed by atoms with van der Waals surface area (Å²) in [5.41, 5.74) is 0.825. The highest BCUT2D eigenvalue weighted by Gasteiger charge is 2.20. The quantitative estimate of drug-likeness (QED) is 0.289. The zero-order valence-electron chi connectivity index (χ0n) is 18.3. The van der Waals surface area contributed by atoms with Gasteiger partial charge in [0.25, 0.3) is 0 Å². The van der Waals surface area contributed by atoms with Gasteiger partial charge in [-0.3, -0.25) is 4.99 Å². The largest absolute Gasteiger partial charge is 0.377 e. The van der Waals surface area contributed by atoms with Gasteiger partial charge in [0.1, 0.15) is 0 Å². The number of aromatic nitrogens is 2. The molecule has 0 aliphatic carbocycles. The lowest BCUT2D eigenvalue weighted by atomic mass is 10.1. The number of nitrogens with zero attached hydrogens (tertiary/aromatic N) is 4. The molecule has 1 aliphatic heterocycles. The van der Waals surface area contributed by atoms with Crippen molar-refractivity contribution in [3.63, 3.8) is 0 Å². The van der Waals surface area contributed by atoms with E-state index >= 15 is 0 Å². The Bertz CT molecular complexity index is 824. The lowest BCUT2D eigenvalue weighted by Crippen LogP contribution is -2.49. The average Bonchev–Trinajstić information content (AvgIpc) is 3.21. The fourth-order valence-corrected chi connectivity index (χ4v) is 3.53.